The number of hydrogen-bond acceptors (Lipinski definition) is 3. The molecule has 3 N–H and O–H groups in total. The average Bonchev–Trinajstić information content (AvgIpc) is 2.48. The van der Waals surface area contributed by atoms with Crippen LogP contribution >= 0.6 is 12.2 Å². The van der Waals surface area contributed by atoms with E-state index >= 15 is 0 Å². The number of nitrogens with two attached hydrogens (primary N) is 1. The number of para-hydroxylation sites is 1. The highest BCUT2D eigenvalue weighted by Crippen LogP contribution is 2.22. The highest BCUT2D eigenvalue weighted by Gasteiger charge is 2.09. The minimum absolute atomic E-state index is 0.0560. The van der Waals surface area contributed by atoms with Gasteiger partial charge in [0.2, 0.25) is 0 Å². The zero-order chi connectivity index (χ0) is 15.9. The Balaban J connectivity index is 1.97. The molecule has 4 nitrogen and oxygen atoms in total. The van der Waals surface area contributed by atoms with E-state index in [1.807, 2.05) is 0 Å². The van der Waals surface area contributed by atoms with E-state index in [4.69, 9.17) is 10.5 Å². The number of halogens is 2. The van der Waals surface area contributed by atoms with Crippen LogP contribution in [0.5, 0.6) is 5.75 Å². The summed E-state index contributed by atoms with van der Waals surface area (Å²) in [6, 6.07) is 10.7. The Bertz CT molecular complexity index is 669. The highest BCUT2D eigenvalue weighted by molar-refractivity contribution is 7.80. The third-order valence-corrected chi connectivity index (χ3v) is 2.76. The summed E-state index contributed by atoms with van der Waals surface area (Å²) in [6.45, 7) is 0.0560. The van der Waals surface area contributed by atoms with Gasteiger partial charge in [0.1, 0.15) is 6.61 Å². The molecule has 0 fully saturated rings. The molecular formula is C15H13F2N3OS. The predicted octanol–water partition coefficient (Wildman–Crippen LogP) is 2.71. The van der Waals surface area contributed by atoms with Gasteiger partial charge in [-0.25, -0.2) is 8.78 Å². The zero-order valence-electron chi connectivity index (χ0n) is 11.4. The van der Waals surface area contributed by atoms with Crippen molar-refractivity contribution in [1.29, 1.82) is 0 Å². The molecular weight excluding hydrogens is 308 g/mol. The molecule has 0 atom stereocenters. The van der Waals surface area contributed by atoms with Crippen LogP contribution in [-0.4, -0.2) is 11.3 Å². The molecule has 2 rings (SSSR count). The predicted molar refractivity (Wildman–Crippen MR) is 84.6 cm³/mol. The largest absolute Gasteiger partial charge is 0.483 e. The molecule has 0 saturated heterocycles. The molecule has 2 aromatic rings. The molecule has 0 amide bonds. The number of rotatable bonds is 5. The Hall–Kier alpha value is -2.54. The fourth-order valence-electron chi connectivity index (χ4n) is 1.65. The van der Waals surface area contributed by atoms with Crippen molar-refractivity contribution in [1.82, 2.24) is 5.43 Å². The van der Waals surface area contributed by atoms with Crippen molar-refractivity contribution in [3.63, 3.8) is 0 Å². The lowest BCUT2D eigenvalue weighted by Crippen LogP contribution is -2.23. The van der Waals surface area contributed by atoms with E-state index in [-0.39, 0.29) is 17.5 Å². The SMILES string of the molecule is NC(=S)NN=Cc1ccc(COc2c(F)cccc2F)cc1. The molecule has 0 aliphatic rings. The Labute approximate surface area is 131 Å². The first-order valence-corrected chi connectivity index (χ1v) is 6.71. The summed E-state index contributed by atoms with van der Waals surface area (Å²) >= 11 is 4.61. The van der Waals surface area contributed by atoms with Crippen molar-refractivity contribution in [2.75, 3.05) is 0 Å². The van der Waals surface area contributed by atoms with Gasteiger partial charge in [0.25, 0.3) is 0 Å². The van der Waals surface area contributed by atoms with Gasteiger partial charge >= 0.3 is 0 Å². The second-order valence-corrected chi connectivity index (χ2v) is 4.76. The quantitative estimate of drug-likeness (QED) is 0.505. The standard InChI is InChI=1S/C15H13F2N3OS/c16-12-2-1-3-13(17)14(12)21-9-11-6-4-10(5-7-11)8-19-20-15(18)22/h1-8H,9H2,(H3,18,20,22). The molecule has 0 unspecified atom stereocenters. The molecule has 0 heterocycles. The lowest BCUT2D eigenvalue weighted by atomic mass is 10.1. The monoisotopic (exact) mass is 321 g/mol. The third kappa shape index (κ3) is 4.49. The maximum absolute atomic E-state index is 13.4. The summed E-state index contributed by atoms with van der Waals surface area (Å²) in [4.78, 5) is 0. The van der Waals surface area contributed by atoms with E-state index in [0.29, 0.717) is 0 Å². The molecule has 0 spiro atoms. The fraction of sp³-hybridized carbons (Fsp3) is 0.0667. The topological polar surface area (TPSA) is 59.6 Å². The molecule has 114 valence electrons. The fourth-order valence-corrected chi connectivity index (χ4v) is 1.70. The van der Waals surface area contributed by atoms with Crippen LogP contribution in [0.15, 0.2) is 47.6 Å². The van der Waals surface area contributed by atoms with Crippen LogP contribution in [0.25, 0.3) is 0 Å². The summed E-state index contributed by atoms with van der Waals surface area (Å²) in [7, 11) is 0. The smallest absolute Gasteiger partial charge is 0.191 e. The lowest BCUT2D eigenvalue weighted by Gasteiger charge is -2.08. The van der Waals surface area contributed by atoms with Crippen molar-refractivity contribution >= 4 is 23.5 Å². The van der Waals surface area contributed by atoms with Crippen molar-refractivity contribution in [3.05, 3.63) is 65.2 Å². The van der Waals surface area contributed by atoms with E-state index in [0.717, 1.165) is 23.3 Å². The van der Waals surface area contributed by atoms with Gasteiger partial charge in [0.05, 0.1) is 6.21 Å². The molecule has 0 aromatic heterocycles. The number of thiocarbonyl (C=S) groups is 1. The van der Waals surface area contributed by atoms with Gasteiger partial charge in [-0.1, -0.05) is 30.3 Å². The second kappa shape index (κ2) is 7.46. The number of hydrogen-bond donors (Lipinski definition) is 2. The summed E-state index contributed by atoms with van der Waals surface area (Å²) in [5.41, 5.74) is 9.24. The maximum Gasteiger partial charge on any atom is 0.191 e. The highest BCUT2D eigenvalue weighted by atomic mass is 32.1. The molecule has 0 bridgehead atoms. The number of ether oxygens (including phenoxy) is 1. The van der Waals surface area contributed by atoms with Crippen LogP contribution in [0.4, 0.5) is 8.78 Å². The third-order valence-electron chi connectivity index (χ3n) is 2.67. The zero-order valence-corrected chi connectivity index (χ0v) is 12.2. The molecule has 0 aliphatic heterocycles. The van der Waals surface area contributed by atoms with Crippen LogP contribution < -0.4 is 15.9 Å². The first-order valence-electron chi connectivity index (χ1n) is 6.30. The molecule has 0 radical (unpaired) electrons. The molecule has 0 saturated carbocycles. The van der Waals surface area contributed by atoms with Crippen LogP contribution in [0.3, 0.4) is 0 Å². The van der Waals surface area contributed by atoms with Gasteiger partial charge in [0.15, 0.2) is 22.5 Å². The summed E-state index contributed by atoms with van der Waals surface area (Å²) in [5, 5.41) is 3.89. The molecule has 0 aliphatic carbocycles. The first kappa shape index (κ1) is 15.8. The Morgan fingerprint density at radius 1 is 1.18 bits per heavy atom. The molecule has 7 heteroatoms. The first-order chi connectivity index (χ1) is 10.6. The van der Waals surface area contributed by atoms with Crippen molar-refractivity contribution < 1.29 is 13.5 Å². The Morgan fingerprint density at radius 3 is 2.41 bits per heavy atom. The Kier molecular flexibility index (Phi) is 5.37. The van der Waals surface area contributed by atoms with Crippen LogP contribution in [-0.2, 0) is 6.61 Å². The number of benzene rings is 2. The van der Waals surface area contributed by atoms with Crippen molar-refractivity contribution in [2.24, 2.45) is 10.8 Å². The van der Waals surface area contributed by atoms with E-state index in [9.17, 15) is 8.78 Å². The normalized spacial score (nSPS) is 10.6. The van der Waals surface area contributed by atoms with E-state index < -0.39 is 11.6 Å². The summed E-state index contributed by atoms with van der Waals surface area (Å²) in [6.07, 6.45) is 1.54. The average molecular weight is 321 g/mol. The molecule has 2 aromatic carbocycles. The van der Waals surface area contributed by atoms with Crippen LogP contribution in [0, 0.1) is 11.6 Å². The van der Waals surface area contributed by atoms with Gasteiger partial charge < -0.3 is 10.5 Å². The van der Waals surface area contributed by atoms with Crippen LogP contribution in [0.2, 0.25) is 0 Å². The van der Waals surface area contributed by atoms with Gasteiger partial charge in [-0.15, -0.1) is 0 Å². The van der Waals surface area contributed by atoms with E-state index in [1.54, 1.807) is 30.5 Å². The number of hydrazone groups is 1. The van der Waals surface area contributed by atoms with Gasteiger partial charge in [-0.3, -0.25) is 5.43 Å². The van der Waals surface area contributed by atoms with Crippen LogP contribution in [0.1, 0.15) is 11.1 Å². The van der Waals surface area contributed by atoms with Gasteiger partial charge in [-0.2, -0.15) is 5.10 Å². The van der Waals surface area contributed by atoms with Crippen molar-refractivity contribution in [3.8, 4) is 5.75 Å². The molecule has 22 heavy (non-hydrogen) atoms. The lowest BCUT2D eigenvalue weighted by molar-refractivity contribution is 0.274. The summed E-state index contributed by atoms with van der Waals surface area (Å²) < 4.78 is 32.0. The maximum atomic E-state index is 13.4. The Morgan fingerprint density at radius 2 is 1.82 bits per heavy atom. The minimum Gasteiger partial charge on any atom is -0.483 e. The van der Waals surface area contributed by atoms with E-state index in [2.05, 4.69) is 22.7 Å². The second-order valence-electron chi connectivity index (χ2n) is 4.32. The van der Waals surface area contributed by atoms with Gasteiger partial charge in [0, 0.05) is 0 Å². The number of nitrogens with zero attached hydrogens (tertiary/aromatic N) is 1. The minimum atomic E-state index is -0.729. The van der Waals surface area contributed by atoms with Crippen molar-refractivity contribution in [2.45, 2.75) is 6.61 Å². The summed E-state index contributed by atoms with van der Waals surface area (Å²) in [5.74, 6) is -1.84. The van der Waals surface area contributed by atoms with Gasteiger partial charge in [-0.05, 0) is 35.5 Å². The number of nitrogens with one attached hydrogen (secondary N) is 1. The van der Waals surface area contributed by atoms with E-state index in [1.165, 1.54) is 6.07 Å².